The fourth-order valence-electron chi connectivity index (χ4n) is 4.51. The van der Waals surface area contributed by atoms with Crippen molar-refractivity contribution in [1.82, 2.24) is 19.9 Å². The Balaban J connectivity index is 1.41. The number of hydrogen-bond donors (Lipinski definition) is 1. The summed E-state index contributed by atoms with van der Waals surface area (Å²) in [6, 6.07) is 10.0. The number of carbonyl (C=O) groups excluding carboxylic acids is 1. The van der Waals surface area contributed by atoms with Crippen LogP contribution in [0.2, 0.25) is 0 Å². The quantitative estimate of drug-likeness (QED) is 0.680. The van der Waals surface area contributed by atoms with Crippen molar-refractivity contribution in [3.8, 4) is 0 Å². The average Bonchev–Trinajstić information content (AvgIpc) is 3.40. The number of carbonyl (C=O) groups is 1. The van der Waals surface area contributed by atoms with Crippen molar-refractivity contribution < 1.29 is 4.79 Å². The van der Waals surface area contributed by atoms with Gasteiger partial charge in [-0.25, -0.2) is 9.97 Å². The van der Waals surface area contributed by atoms with Crippen LogP contribution in [0.3, 0.4) is 0 Å². The molecule has 156 valence electrons. The molecule has 0 saturated carbocycles. The third kappa shape index (κ3) is 3.44. The second-order valence-electron chi connectivity index (χ2n) is 8.14. The van der Waals surface area contributed by atoms with E-state index < -0.39 is 0 Å². The van der Waals surface area contributed by atoms with E-state index in [-0.39, 0.29) is 23.4 Å². The first kappa shape index (κ1) is 19.4. The Labute approximate surface area is 178 Å². The Hall–Kier alpha value is -2.58. The van der Waals surface area contributed by atoms with Gasteiger partial charge in [-0.3, -0.25) is 14.2 Å². The summed E-state index contributed by atoms with van der Waals surface area (Å²) in [5, 5.41) is 4.05. The predicted octanol–water partition coefficient (Wildman–Crippen LogP) is 2.69. The third-order valence-corrected chi connectivity index (χ3v) is 7.05. The summed E-state index contributed by atoms with van der Waals surface area (Å²) < 4.78 is 1.76. The fraction of sp³-hybridized carbons (Fsp3) is 0.455. The maximum absolute atomic E-state index is 13.0. The zero-order valence-electron chi connectivity index (χ0n) is 17.0. The van der Waals surface area contributed by atoms with Gasteiger partial charge in [0.15, 0.2) is 21.3 Å². The highest BCUT2D eigenvalue weighted by molar-refractivity contribution is 7.21. The third-order valence-electron chi connectivity index (χ3n) is 6.06. The molecule has 1 saturated heterocycles. The van der Waals surface area contributed by atoms with Crippen LogP contribution < -0.4 is 15.8 Å². The molecule has 2 aromatic heterocycles. The molecule has 2 aliphatic heterocycles. The van der Waals surface area contributed by atoms with Crippen molar-refractivity contribution in [3.63, 3.8) is 0 Å². The van der Waals surface area contributed by atoms with Crippen LogP contribution in [0.15, 0.2) is 35.1 Å². The van der Waals surface area contributed by atoms with Gasteiger partial charge >= 0.3 is 0 Å². The van der Waals surface area contributed by atoms with Crippen LogP contribution in [0, 0.1) is 0 Å². The number of Topliss-reactive ketones (excluding diaryl/α,β-unsaturated/α-hetero) is 1. The van der Waals surface area contributed by atoms with Gasteiger partial charge in [0.1, 0.15) is 5.82 Å². The molecule has 0 bridgehead atoms. The summed E-state index contributed by atoms with van der Waals surface area (Å²) in [4.78, 5) is 38.2. The first-order chi connectivity index (χ1) is 14.6. The molecule has 0 radical (unpaired) electrons. The standard InChI is InChI=1S/C22H25N5O2S/c1-14-12-23-13-18-24-20-19(21(29)27(14)18)25-22(30-20)26-11-5-8-16(26)17(28)10-9-15-6-3-2-4-7-15/h2-4,6-7,14,16,23H,5,8-13H2,1H3/t14-,16+/m0/s1. The van der Waals surface area contributed by atoms with Crippen LogP contribution in [-0.4, -0.2) is 39.4 Å². The molecule has 0 aliphatic carbocycles. The molecule has 30 heavy (non-hydrogen) atoms. The molecule has 0 spiro atoms. The number of thiazole rings is 1. The van der Waals surface area contributed by atoms with Crippen LogP contribution in [0.4, 0.5) is 5.13 Å². The van der Waals surface area contributed by atoms with Crippen LogP contribution >= 0.6 is 11.3 Å². The molecule has 5 rings (SSSR count). The summed E-state index contributed by atoms with van der Waals surface area (Å²) in [5.74, 6) is 1.01. The molecule has 4 heterocycles. The second kappa shape index (κ2) is 7.92. The molecule has 2 aliphatic rings. The maximum Gasteiger partial charge on any atom is 0.281 e. The number of aryl methyl sites for hydroxylation is 1. The number of nitrogens with zero attached hydrogens (tertiary/aromatic N) is 4. The molecule has 1 N–H and O–H groups in total. The fourth-order valence-corrected chi connectivity index (χ4v) is 5.54. The van der Waals surface area contributed by atoms with Gasteiger partial charge in [-0.15, -0.1) is 0 Å². The lowest BCUT2D eigenvalue weighted by atomic mass is 10.0. The number of fused-ring (bicyclic) bond motifs is 2. The lowest BCUT2D eigenvalue weighted by Gasteiger charge is -2.24. The van der Waals surface area contributed by atoms with Gasteiger partial charge in [0.2, 0.25) is 0 Å². The highest BCUT2D eigenvalue weighted by Crippen LogP contribution is 2.33. The second-order valence-corrected chi connectivity index (χ2v) is 9.09. The highest BCUT2D eigenvalue weighted by Gasteiger charge is 2.33. The van der Waals surface area contributed by atoms with E-state index in [1.165, 1.54) is 16.9 Å². The molecule has 0 unspecified atom stereocenters. The molecule has 2 atom stereocenters. The number of anilines is 1. The van der Waals surface area contributed by atoms with E-state index in [0.29, 0.717) is 23.3 Å². The van der Waals surface area contributed by atoms with Gasteiger partial charge in [-0.05, 0) is 31.7 Å². The minimum absolute atomic E-state index is 0.0578. The van der Waals surface area contributed by atoms with Crippen molar-refractivity contribution in [3.05, 3.63) is 52.1 Å². The topological polar surface area (TPSA) is 80.1 Å². The first-order valence-corrected chi connectivity index (χ1v) is 11.4. The number of hydrogen-bond acceptors (Lipinski definition) is 7. The van der Waals surface area contributed by atoms with E-state index >= 15 is 0 Å². The maximum atomic E-state index is 13.0. The van der Waals surface area contributed by atoms with Crippen LogP contribution in [0.25, 0.3) is 10.3 Å². The lowest BCUT2D eigenvalue weighted by molar-refractivity contribution is -0.120. The Morgan fingerprint density at radius 1 is 1.27 bits per heavy atom. The Morgan fingerprint density at radius 2 is 2.10 bits per heavy atom. The molecular weight excluding hydrogens is 398 g/mol. The van der Waals surface area contributed by atoms with E-state index in [1.54, 1.807) is 4.57 Å². The minimum Gasteiger partial charge on any atom is -0.338 e. The number of benzene rings is 1. The summed E-state index contributed by atoms with van der Waals surface area (Å²) in [6.07, 6.45) is 3.08. The summed E-state index contributed by atoms with van der Waals surface area (Å²) in [7, 11) is 0. The molecular formula is C22H25N5O2S. The SMILES string of the molecule is C[C@H]1CNCc2nc3sc(N4CCC[C@@H]4C(=O)CCc4ccccc4)nc3c(=O)n21. The van der Waals surface area contributed by atoms with Crippen molar-refractivity contribution in [2.45, 2.75) is 51.2 Å². The Morgan fingerprint density at radius 3 is 2.93 bits per heavy atom. The van der Waals surface area contributed by atoms with E-state index in [9.17, 15) is 9.59 Å². The average molecular weight is 424 g/mol. The largest absolute Gasteiger partial charge is 0.338 e. The van der Waals surface area contributed by atoms with Crippen LogP contribution in [0.5, 0.6) is 0 Å². The van der Waals surface area contributed by atoms with Gasteiger partial charge in [0.25, 0.3) is 5.56 Å². The highest BCUT2D eigenvalue weighted by atomic mass is 32.1. The van der Waals surface area contributed by atoms with E-state index in [1.807, 2.05) is 25.1 Å². The summed E-state index contributed by atoms with van der Waals surface area (Å²) in [6.45, 7) is 4.15. The predicted molar refractivity (Wildman–Crippen MR) is 118 cm³/mol. The van der Waals surface area contributed by atoms with Gasteiger partial charge in [0.05, 0.1) is 12.6 Å². The molecule has 1 aromatic carbocycles. The molecule has 0 amide bonds. The molecule has 7 nitrogen and oxygen atoms in total. The van der Waals surface area contributed by atoms with Gasteiger partial charge in [-0.2, -0.15) is 0 Å². The summed E-state index contributed by atoms with van der Waals surface area (Å²) >= 11 is 1.43. The zero-order chi connectivity index (χ0) is 20.7. The number of aromatic nitrogens is 3. The number of nitrogens with one attached hydrogen (secondary N) is 1. The van der Waals surface area contributed by atoms with Crippen molar-refractivity contribution in [2.24, 2.45) is 0 Å². The van der Waals surface area contributed by atoms with Gasteiger partial charge in [-0.1, -0.05) is 41.7 Å². The van der Waals surface area contributed by atoms with Crippen molar-refractivity contribution in [2.75, 3.05) is 18.0 Å². The molecule has 8 heteroatoms. The molecule has 3 aromatic rings. The first-order valence-electron chi connectivity index (χ1n) is 10.6. The molecule has 1 fully saturated rings. The van der Waals surface area contributed by atoms with E-state index in [0.717, 1.165) is 43.3 Å². The number of rotatable bonds is 5. The minimum atomic E-state index is -0.160. The Kier molecular flexibility index (Phi) is 5.12. The van der Waals surface area contributed by atoms with E-state index in [4.69, 9.17) is 4.98 Å². The Bertz CT molecular complexity index is 1140. The number of ketones is 1. The van der Waals surface area contributed by atoms with Crippen LogP contribution in [0.1, 0.15) is 43.6 Å². The normalized spacial score (nSPS) is 21.2. The van der Waals surface area contributed by atoms with E-state index in [2.05, 4.69) is 27.3 Å². The lowest BCUT2D eigenvalue weighted by Crippen LogP contribution is -2.39. The monoisotopic (exact) mass is 423 g/mol. The van der Waals surface area contributed by atoms with Gasteiger partial charge < -0.3 is 10.2 Å². The smallest absolute Gasteiger partial charge is 0.281 e. The van der Waals surface area contributed by atoms with Gasteiger partial charge in [0, 0.05) is 25.6 Å². The zero-order valence-corrected chi connectivity index (χ0v) is 17.8. The van der Waals surface area contributed by atoms with Crippen molar-refractivity contribution in [1.29, 1.82) is 0 Å². The van der Waals surface area contributed by atoms with Crippen LogP contribution in [-0.2, 0) is 17.8 Å². The summed E-state index contributed by atoms with van der Waals surface area (Å²) in [5.41, 5.74) is 1.54. The van der Waals surface area contributed by atoms with Crippen molar-refractivity contribution >= 4 is 32.6 Å².